The molecular weight excluding hydrogens is 236 g/mol. The molecule has 2 aliphatic rings. The Bertz CT molecular complexity index is 435. The summed E-state index contributed by atoms with van der Waals surface area (Å²) in [6, 6.07) is 10.7. The molecule has 3 rings (SSSR count). The van der Waals surface area contributed by atoms with Crippen LogP contribution in [-0.4, -0.2) is 67.0 Å². The maximum atomic E-state index is 4.71. The van der Waals surface area contributed by atoms with Gasteiger partial charge in [-0.05, 0) is 12.6 Å². The van der Waals surface area contributed by atoms with E-state index in [1.54, 1.807) is 0 Å². The molecule has 2 aliphatic heterocycles. The van der Waals surface area contributed by atoms with Crippen molar-refractivity contribution in [3.05, 3.63) is 35.9 Å². The van der Waals surface area contributed by atoms with Gasteiger partial charge in [-0.3, -0.25) is 4.99 Å². The van der Waals surface area contributed by atoms with Crippen LogP contribution in [0, 0.1) is 0 Å². The van der Waals surface area contributed by atoms with E-state index in [1.807, 2.05) is 0 Å². The van der Waals surface area contributed by atoms with Crippen LogP contribution in [0.4, 0.5) is 0 Å². The van der Waals surface area contributed by atoms with Crippen LogP contribution in [0.1, 0.15) is 5.56 Å². The molecule has 1 fully saturated rings. The first kappa shape index (κ1) is 12.5. The summed E-state index contributed by atoms with van der Waals surface area (Å²) in [6.07, 6.45) is 0. The van der Waals surface area contributed by atoms with Crippen LogP contribution in [0.25, 0.3) is 0 Å². The second-order valence-corrected chi connectivity index (χ2v) is 5.38. The van der Waals surface area contributed by atoms with Gasteiger partial charge in [-0.2, -0.15) is 0 Å². The first-order valence-corrected chi connectivity index (χ1v) is 7.10. The number of hydrogen-bond donors (Lipinski definition) is 0. The molecule has 0 atom stereocenters. The Morgan fingerprint density at radius 3 is 2.47 bits per heavy atom. The Hall–Kier alpha value is -1.55. The fourth-order valence-electron chi connectivity index (χ4n) is 2.73. The molecule has 0 aliphatic carbocycles. The lowest BCUT2D eigenvalue weighted by molar-refractivity contribution is 0.199. The summed E-state index contributed by atoms with van der Waals surface area (Å²) in [7, 11) is 2.19. The van der Waals surface area contributed by atoms with Gasteiger partial charge in [-0.25, -0.2) is 0 Å². The first-order valence-electron chi connectivity index (χ1n) is 7.10. The fourth-order valence-corrected chi connectivity index (χ4v) is 2.73. The minimum atomic E-state index is 0.939. The number of benzene rings is 1. The van der Waals surface area contributed by atoms with Gasteiger partial charge in [0.2, 0.25) is 0 Å². The van der Waals surface area contributed by atoms with Crippen molar-refractivity contribution < 1.29 is 0 Å². The minimum absolute atomic E-state index is 0.939. The van der Waals surface area contributed by atoms with E-state index in [4.69, 9.17) is 4.99 Å². The average molecular weight is 258 g/mol. The highest BCUT2D eigenvalue weighted by Gasteiger charge is 2.25. The van der Waals surface area contributed by atoms with Crippen molar-refractivity contribution in [1.82, 2.24) is 14.7 Å². The molecule has 4 heteroatoms. The quantitative estimate of drug-likeness (QED) is 0.793. The van der Waals surface area contributed by atoms with Crippen LogP contribution in [0.15, 0.2) is 35.3 Å². The van der Waals surface area contributed by atoms with Gasteiger partial charge in [0.15, 0.2) is 5.96 Å². The molecule has 0 saturated carbocycles. The molecule has 0 N–H and O–H groups in total. The zero-order valence-electron chi connectivity index (χ0n) is 11.6. The van der Waals surface area contributed by atoms with E-state index in [0.717, 1.165) is 45.8 Å². The lowest BCUT2D eigenvalue weighted by atomic mass is 10.2. The highest BCUT2D eigenvalue weighted by molar-refractivity contribution is 5.81. The maximum Gasteiger partial charge on any atom is 0.197 e. The van der Waals surface area contributed by atoms with Gasteiger partial charge in [0.25, 0.3) is 0 Å². The Morgan fingerprint density at radius 1 is 1.00 bits per heavy atom. The van der Waals surface area contributed by atoms with E-state index >= 15 is 0 Å². The van der Waals surface area contributed by atoms with Crippen LogP contribution in [0.3, 0.4) is 0 Å². The van der Waals surface area contributed by atoms with Crippen molar-refractivity contribution in [2.75, 3.05) is 46.3 Å². The molecular formula is C15H22N4. The summed E-state index contributed by atoms with van der Waals surface area (Å²) in [4.78, 5) is 12.0. The van der Waals surface area contributed by atoms with Crippen molar-refractivity contribution >= 4 is 5.96 Å². The van der Waals surface area contributed by atoms with Crippen LogP contribution in [0.5, 0.6) is 0 Å². The predicted molar refractivity (Wildman–Crippen MR) is 78.2 cm³/mol. The van der Waals surface area contributed by atoms with Crippen LogP contribution >= 0.6 is 0 Å². The van der Waals surface area contributed by atoms with Crippen molar-refractivity contribution in [2.24, 2.45) is 4.99 Å². The van der Waals surface area contributed by atoms with Gasteiger partial charge < -0.3 is 14.7 Å². The normalized spacial score (nSPS) is 20.8. The van der Waals surface area contributed by atoms with Crippen molar-refractivity contribution in [3.8, 4) is 0 Å². The second kappa shape index (κ2) is 5.61. The third-order valence-corrected chi connectivity index (χ3v) is 3.91. The van der Waals surface area contributed by atoms with Gasteiger partial charge in [0, 0.05) is 39.3 Å². The number of piperazine rings is 1. The standard InChI is InChI=1S/C15H22N4/c1-17-9-11-18(12-10-17)15-16-7-8-19(15)13-14-5-3-2-4-6-14/h2-6H,7-13H2,1H3. The molecule has 1 aromatic carbocycles. The van der Waals surface area contributed by atoms with E-state index in [0.29, 0.717) is 0 Å². The Kier molecular flexibility index (Phi) is 3.69. The summed E-state index contributed by atoms with van der Waals surface area (Å²) in [6.45, 7) is 7.44. The highest BCUT2D eigenvalue weighted by atomic mass is 15.4. The third kappa shape index (κ3) is 2.89. The molecule has 1 aromatic rings. The minimum Gasteiger partial charge on any atom is -0.340 e. The first-order chi connectivity index (χ1) is 9.33. The third-order valence-electron chi connectivity index (χ3n) is 3.91. The summed E-state index contributed by atoms with van der Waals surface area (Å²) >= 11 is 0. The lowest BCUT2D eigenvalue weighted by Crippen LogP contribution is -2.51. The number of guanidine groups is 1. The maximum absolute atomic E-state index is 4.71. The average Bonchev–Trinajstić information content (AvgIpc) is 2.89. The van der Waals surface area contributed by atoms with Crippen molar-refractivity contribution in [2.45, 2.75) is 6.54 Å². The van der Waals surface area contributed by atoms with Gasteiger partial charge in [-0.15, -0.1) is 0 Å². The van der Waals surface area contributed by atoms with E-state index < -0.39 is 0 Å². The van der Waals surface area contributed by atoms with E-state index in [1.165, 1.54) is 11.5 Å². The molecule has 0 aromatic heterocycles. The summed E-state index contributed by atoms with van der Waals surface area (Å²) < 4.78 is 0. The largest absolute Gasteiger partial charge is 0.340 e. The molecule has 19 heavy (non-hydrogen) atoms. The summed E-state index contributed by atoms with van der Waals surface area (Å²) in [5, 5.41) is 0. The Labute approximate surface area is 115 Å². The number of likely N-dealkylation sites (N-methyl/N-ethyl adjacent to an activating group) is 1. The number of rotatable bonds is 2. The molecule has 102 valence electrons. The van der Waals surface area contributed by atoms with E-state index in [2.05, 4.69) is 52.1 Å². The van der Waals surface area contributed by atoms with E-state index in [-0.39, 0.29) is 0 Å². The monoisotopic (exact) mass is 258 g/mol. The Balaban J connectivity index is 1.65. The molecule has 0 amide bonds. The zero-order chi connectivity index (χ0) is 13.1. The van der Waals surface area contributed by atoms with Crippen LogP contribution in [-0.2, 0) is 6.54 Å². The lowest BCUT2D eigenvalue weighted by Gasteiger charge is -2.36. The fraction of sp³-hybridized carbons (Fsp3) is 0.533. The molecule has 0 spiro atoms. The molecule has 0 radical (unpaired) electrons. The van der Waals surface area contributed by atoms with Crippen molar-refractivity contribution in [1.29, 1.82) is 0 Å². The van der Waals surface area contributed by atoms with Crippen LogP contribution < -0.4 is 0 Å². The highest BCUT2D eigenvalue weighted by Crippen LogP contribution is 2.13. The summed E-state index contributed by atoms with van der Waals surface area (Å²) in [5.41, 5.74) is 1.37. The SMILES string of the molecule is CN1CCN(C2=NCCN2Cc2ccccc2)CC1. The molecule has 4 nitrogen and oxygen atoms in total. The van der Waals surface area contributed by atoms with Gasteiger partial charge in [-0.1, -0.05) is 30.3 Å². The Morgan fingerprint density at radius 2 is 1.74 bits per heavy atom. The van der Waals surface area contributed by atoms with Crippen LogP contribution in [0.2, 0.25) is 0 Å². The van der Waals surface area contributed by atoms with Crippen molar-refractivity contribution in [3.63, 3.8) is 0 Å². The number of hydrogen-bond acceptors (Lipinski definition) is 4. The molecule has 2 heterocycles. The van der Waals surface area contributed by atoms with Gasteiger partial charge in [0.05, 0.1) is 6.54 Å². The number of nitrogens with zero attached hydrogens (tertiary/aromatic N) is 4. The van der Waals surface area contributed by atoms with Gasteiger partial charge in [0.1, 0.15) is 0 Å². The predicted octanol–water partition coefficient (Wildman–Crippen LogP) is 1.11. The summed E-state index contributed by atoms with van der Waals surface area (Å²) in [5.74, 6) is 1.21. The molecule has 0 unspecified atom stereocenters. The number of aliphatic imine (C=N–C) groups is 1. The van der Waals surface area contributed by atoms with Gasteiger partial charge >= 0.3 is 0 Å². The topological polar surface area (TPSA) is 22.1 Å². The molecule has 1 saturated heterocycles. The zero-order valence-corrected chi connectivity index (χ0v) is 11.6. The molecule has 0 bridgehead atoms. The van der Waals surface area contributed by atoms with E-state index in [9.17, 15) is 0 Å². The smallest absolute Gasteiger partial charge is 0.197 e. The second-order valence-electron chi connectivity index (χ2n) is 5.38.